The summed E-state index contributed by atoms with van der Waals surface area (Å²) in [6, 6.07) is 20.9. The third-order valence-corrected chi connectivity index (χ3v) is 4.33. The van der Waals surface area contributed by atoms with E-state index in [1.807, 2.05) is 12.1 Å². The van der Waals surface area contributed by atoms with E-state index in [1.54, 1.807) is 0 Å². The summed E-state index contributed by atoms with van der Waals surface area (Å²) < 4.78 is 1.78. The molecule has 2 aromatic rings. The lowest BCUT2D eigenvalue weighted by Crippen LogP contribution is -2.48. The Morgan fingerprint density at radius 2 is 0.970 bits per heavy atom. The Morgan fingerprint density at radius 3 is 1.12 bits per heavy atom. The third kappa shape index (κ3) is 12.4. The fourth-order valence-corrected chi connectivity index (χ4v) is 2.44. The summed E-state index contributed by atoms with van der Waals surface area (Å²) in [5.74, 6) is -5.65. The molecule has 0 aliphatic heterocycles. The highest BCUT2D eigenvalue weighted by atomic mass is 16.4. The van der Waals surface area contributed by atoms with Gasteiger partial charge in [0, 0.05) is 24.8 Å². The molecule has 0 heterocycles. The minimum atomic E-state index is -2.86. The van der Waals surface area contributed by atoms with Crippen LogP contribution in [0.15, 0.2) is 60.7 Å². The molecule has 0 spiro atoms. The highest BCUT2D eigenvalue weighted by Crippen LogP contribution is 2.15. The summed E-state index contributed by atoms with van der Waals surface area (Å²) >= 11 is 0. The second kappa shape index (κ2) is 12.7. The number of hydrogen-bond acceptors (Lipinski definition) is 6. The van der Waals surface area contributed by atoms with E-state index in [2.05, 4.69) is 90.8 Å². The van der Waals surface area contributed by atoms with Crippen molar-refractivity contribution >= 4 is 29.3 Å². The van der Waals surface area contributed by atoms with Crippen molar-refractivity contribution in [1.82, 2.24) is 8.97 Å². The number of carboxylic acids is 3. The van der Waals surface area contributed by atoms with Gasteiger partial charge in [-0.3, -0.25) is 8.97 Å². The number of para-hydroxylation sites is 2. The molecule has 0 atom stereocenters. The van der Waals surface area contributed by atoms with Crippen LogP contribution in [-0.4, -0.2) is 76.0 Å². The molecular weight excluding hydrogens is 428 g/mol. The summed E-state index contributed by atoms with van der Waals surface area (Å²) in [5.41, 5.74) is -0.192. The van der Waals surface area contributed by atoms with E-state index in [-0.39, 0.29) is 0 Å². The van der Waals surface area contributed by atoms with Crippen LogP contribution in [0, 0.1) is 0 Å². The second-order valence-corrected chi connectivity index (χ2v) is 9.13. The number of aliphatic hydroxyl groups is 1. The lowest BCUT2D eigenvalue weighted by atomic mass is 9.96. The fourth-order valence-electron chi connectivity index (χ4n) is 2.44. The van der Waals surface area contributed by atoms with Crippen LogP contribution in [0.4, 0.5) is 11.4 Å². The topological polar surface area (TPSA) is 138 Å². The Hall–Kier alpha value is -3.27. The molecule has 0 saturated carbocycles. The molecule has 0 radical (unpaired) electrons. The quantitative estimate of drug-likeness (QED) is 0.546. The summed E-state index contributed by atoms with van der Waals surface area (Å²) in [4.78, 5) is 30.2. The van der Waals surface area contributed by atoms with Gasteiger partial charge in [0.25, 0.3) is 0 Å². The summed E-state index contributed by atoms with van der Waals surface area (Å²) in [6.07, 6.45) is -2.59. The van der Waals surface area contributed by atoms with Gasteiger partial charge in [-0.2, -0.15) is 0 Å². The first-order chi connectivity index (χ1) is 15.0. The van der Waals surface area contributed by atoms with E-state index < -0.39 is 36.4 Å². The first-order valence-corrected chi connectivity index (χ1v) is 10.1. The maximum Gasteiger partial charge on any atom is 0.336 e. The third-order valence-electron chi connectivity index (χ3n) is 4.33. The Morgan fingerprint density at radius 1 is 0.697 bits per heavy atom. The largest absolute Gasteiger partial charge is 0.550 e. The molecule has 0 bridgehead atoms. The summed E-state index contributed by atoms with van der Waals surface area (Å²) in [6.45, 7) is 0. The van der Waals surface area contributed by atoms with E-state index in [0.29, 0.717) is 0 Å². The lowest BCUT2D eigenvalue weighted by Gasteiger charge is -2.23. The molecule has 0 aliphatic rings. The molecule has 0 aromatic heterocycles. The van der Waals surface area contributed by atoms with Crippen LogP contribution in [0.5, 0.6) is 0 Å². The predicted octanol–water partition coefficient (Wildman–Crippen LogP) is -0.151. The average molecular weight is 463 g/mol. The van der Waals surface area contributed by atoms with E-state index >= 15 is 0 Å². The van der Waals surface area contributed by atoms with Crippen molar-refractivity contribution < 1.29 is 34.8 Å². The van der Waals surface area contributed by atoms with Crippen molar-refractivity contribution in [2.24, 2.45) is 0 Å². The van der Waals surface area contributed by atoms with Gasteiger partial charge in [0.05, 0.1) is 42.3 Å². The molecule has 9 nitrogen and oxygen atoms in total. The molecule has 2 rings (SSSR count). The minimum absolute atomic E-state index is 0.890. The maximum atomic E-state index is 10.3. The van der Waals surface area contributed by atoms with Crippen molar-refractivity contribution in [3.8, 4) is 0 Å². The van der Waals surface area contributed by atoms with Gasteiger partial charge >= 0.3 is 5.97 Å². The van der Waals surface area contributed by atoms with Crippen LogP contribution < -0.4 is 19.2 Å². The molecule has 2 aromatic carbocycles. The Balaban J connectivity index is 0.000000470. The number of nitrogens with zero attached hydrogens (tertiary/aromatic N) is 2. The fraction of sp³-hybridized carbons (Fsp3) is 0.375. The van der Waals surface area contributed by atoms with Crippen molar-refractivity contribution in [3.63, 3.8) is 0 Å². The van der Waals surface area contributed by atoms with E-state index in [0.717, 1.165) is 8.97 Å². The van der Waals surface area contributed by atoms with Crippen LogP contribution in [0.1, 0.15) is 12.8 Å². The molecule has 0 saturated heterocycles. The zero-order valence-corrected chi connectivity index (χ0v) is 20.0. The van der Waals surface area contributed by atoms with E-state index in [1.165, 1.54) is 11.4 Å². The first-order valence-electron chi connectivity index (χ1n) is 10.1. The molecule has 182 valence electrons. The maximum absolute atomic E-state index is 10.3. The summed E-state index contributed by atoms with van der Waals surface area (Å²) in [7, 11) is 13.0. The number of quaternary nitrogens is 2. The molecule has 33 heavy (non-hydrogen) atoms. The highest BCUT2D eigenvalue weighted by molar-refractivity contribution is 5.87. The molecular formula is C24H34N2O7. The Bertz CT molecular complexity index is 821. The molecule has 0 fully saturated rings. The molecule has 2 N–H and O–H groups in total. The Labute approximate surface area is 194 Å². The van der Waals surface area contributed by atoms with Crippen LogP contribution in [0.25, 0.3) is 0 Å². The van der Waals surface area contributed by atoms with Gasteiger partial charge in [0.15, 0.2) is 5.60 Å². The van der Waals surface area contributed by atoms with Gasteiger partial charge in [-0.15, -0.1) is 0 Å². The lowest BCUT2D eigenvalue weighted by molar-refractivity contribution is -0.314. The highest BCUT2D eigenvalue weighted by Gasteiger charge is 2.36. The van der Waals surface area contributed by atoms with Crippen molar-refractivity contribution in [3.05, 3.63) is 60.7 Å². The van der Waals surface area contributed by atoms with Gasteiger partial charge in [0.1, 0.15) is 11.4 Å². The molecule has 9 heteroatoms. The monoisotopic (exact) mass is 462 g/mol. The second-order valence-electron chi connectivity index (χ2n) is 9.13. The molecule has 0 unspecified atom stereocenters. The van der Waals surface area contributed by atoms with Crippen LogP contribution in [-0.2, 0) is 14.4 Å². The van der Waals surface area contributed by atoms with Gasteiger partial charge < -0.3 is 30.0 Å². The zero-order chi connectivity index (χ0) is 25.9. The summed E-state index contributed by atoms with van der Waals surface area (Å²) in [5, 5.41) is 37.2. The van der Waals surface area contributed by atoms with Gasteiger partial charge in [-0.25, -0.2) is 4.79 Å². The SMILES string of the molecule is C[N+](C)(C)c1ccccc1.C[N+](C)(C)c1ccccc1.O=C([O-])CC(O)(CC(=O)[O-])C(=O)O. The number of carbonyl (C=O) groups is 3. The number of rotatable bonds is 7. The van der Waals surface area contributed by atoms with Crippen molar-refractivity contribution in [2.45, 2.75) is 18.4 Å². The van der Waals surface area contributed by atoms with Crippen molar-refractivity contribution in [1.29, 1.82) is 0 Å². The number of carbonyl (C=O) groups excluding carboxylic acids is 2. The average Bonchev–Trinajstić information content (AvgIpc) is 2.68. The minimum Gasteiger partial charge on any atom is -0.550 e. The van der Waals surface area contributed by atoms with Crippen LogP contribution in [0.3, 0.4) is 0 Å². The van der Waals surface area contributed by atoms with Gasteiger partial charge in [0.2, 0.25) is 0 Å². The van der Waals surface area contributed by atoms with Gasteiger partial charge in [-0.05, 0) is 24.3 Å². The number of benzene rings is 2. The smallest absolute Gasteiger partial charge is 0.336 e. The van der Waals surface area contributed by atoms with Crippen LogP contribution in [0.2, 0.25) is 0 Å². The van der Waals surface area contributed by atoms with Gasteiger partial charge in [-0.1, -0.05) is 36.4 Å². The zero-order valence-electron chi connectivity index (χ0n) is 20.0. The molecule has 0 aliphatic carbocycles. The Kier molecular flexibility index (Phi) is 11.4. The van der Waals surface area contributed by atoms with E-state index in [9.17, 15) is 24.6 Å². The van der Waals surface area contributed by atoms with Crippen molar-refractivity contribution in [2.75, 3.05) is 42.3 Å². The van der Waals surface area contributed by atoms with Crippen LogP contribution >= 0.6 is 0 Å². The first kappa shape index (κ1) is 29.7. The van der Waals surface area contributed by atoms with E-state index in [4.69, 9.17) is 10.2 Å². The predicted molar refractivity (Wildman–Crippen MR) is 124 cm³/mol. The number of aliphatic carboxylic acids is 3. The number of hydrogen-bond donors (Lipinski definition) is 2. The normalized spacial score (nSPS) is 11.2. The molecule has 0 amide bonds. The number of carboxylic acid groups (broad SMARTS) is 3. The standard InChI is InChI=1S/2C9H14N.C6H8O7/c2*1-10(2,3)9-7-5-4-6-8-9;7-3(8)1-6(13,5(11)12)2-4(9)10/h2*4-8H,1-3H3;13H,1-2H2,(H,7,8)(H,9,10)(H,11,12)/q2*+1;/p-2.